The molecule has 1 saturated heterocycles. The van der Waals surface area contributed by atoms with Crippen LogP contribution in [0.5, 0.6) is 0 Å². The van der Waals surface area contributed by atoms with Crippen molar-refractivity contribution in [2.24, 2.45) is 0 Å². The monoisotopic (exact) mass is 465 g/mol. The summed E-state index contributed by atoms with van der Waals surface area (Å²) in [4.78, 5) is 32.3. The lowest BCUT2D eigenvalue weighted by atomic mass is 10.2. The molecule has 3 heterocycles. The maximum Gasteiger partial charge on any atom is 0.335 e. The molecule has 2 aromatic heterocycles. The SMILES string of the molecule is O=C(O)c1ccc(N2C(=O)C(=Cc3ccc(-c4nc(Cl)c(Cl)[nH]4)o3)SC2=S)cc1. The molecule has 1 aliphatic rings. The molecular formula is C18H9Cl2N3O4S2. The number of carboxylic acid groups (broad SMARTS) is 1. The van der Waals surface area contributed by atoms with Gasteiger partial charge in [0.15, 0.2) is 21.1 Å². The fourth-order valence-electron chi connectivity index (χ4n) is 2.58. The summed E-state index contributed by atoms with van der Waals surface area (Å²) < 4.78 is 6.02. The molecule has 0 saturated carbocycles. The van der Waals surface area contributed by atoms with E-state index in [1.54, 1.807) is 18.2 Å². The Kier molecular flexibility index (Phi) is 5.22. The van der Waals surface area contributed by atoms with Gasteiger partial charge >= 0.3 is 5.97 Å². The van der Waals surface area contributed by atoms with E-state index in [2.05, 4.69) is 9.97 Å². The maximum atomic E-state index is 12.8. The van der Waals surface area contributed by atoms with Gasteiger partial charge in [-0.2, -0.15) is 0 Å². The molecule has 0 radical (unpaired) electrons. The van der Waals surface area contributed by atoms with Crippen molar-refractivity contribution in [1.29, 1.82) is 0 Å². The molecule has 4 rings (SSSR count). The Morgan fingerprint density at radius 2 is 1.97 bits per heavy atom. The normalized spacial score (nSPS) is 15.5. The zero-order valence-electron chi connectivity index (χ0n) is 14.2. The van der Waals surface area contributed by atoms with Crippen LogP contribution in [0.15, 0.2) is 45.7 Å². The number of nitrogens with one attached hydrogen (secondary N) is 1. The fraction of sp³-hybridized carbons (Fsp3) is 0. The van der Waals surface area contributed by atoms with Gasteiger partial charge in [0, 0.05) is 6.08 Å². The molecule has 1 fully saturated rings. The van der Waals surface area contributed by atoms with E-state index in [4.69, 9.17) is 44.9 Å². The number of carbonyl (C=O) groups is 2. The highest BCUT2D eigenvalue weighted by Crippen LogP contribution is 2.36. The number of furan rings is 1. The third-order valence-corrected chi connectivity index (χ3v) is 5.86. The highest BCUT2D eigenvalue weighted by Gasteiger charge is 2.33. The first-order valence-electron chi connectivity index (χ1n) is 7.96. The van der Waals surface area contributed by atoms with Crippen LogP contribution in [0.1, 0.15) is 16.1 Å². The maximum absolute atomic E-state index is 12.8. The summed E-state index contributed by atoms with van der Waals surface area (Å²) in [5.74, 6) is -0.180. The topological polar surface area (TPSA) is 99.4 Å². The predicted octanol–water partition coefficient (Wildman–Crippen LogP) is 5.08. The van der Waals surface area contributed by atoms with Crippen LogP contribution in [0.4, 0.5) is 5.69 Å². The van der Waals surface area contributed by atoms with Crippen LogP contribution in [-0.4, -0.2) is 31.3 Å². The lowest BCUT2D eigenvalue weighted by molar-refractivity contribution is -0.113. The number of amides is 1. The predicted molar refractivity (Wildman–Crippen MR) is 115 cm³/mol. The Labute approximate surface area is 183 Å². The Morgan fingerprint density at radius 3 is 2.59 bits per heavy atom. The first-order valence-corrected chi connectivity index (χ1v) is 9.94. The van der Waals surface area contributed by atoms with Crippen LogP contribution in [0.3, 0.4) is 0 Å². The molecule has 29 heavy (non-hydrogen) atoms. The molecule has 1 aromatic carbocycles. The fourth-order valence-corrected chi connectivity index (χ4v) is 4.12. The molecule has 1 aliphatic heterocycles. The summed E-state index contributed by atoms with van der Waals surface area (Å²) in [5.41, 5.74) is 0.608. The Balaban J connectivity index is 1.58. The quantitative estimate of drug-likeness (QED) is 0.409. The number of carboxylic acids is 1. The average molecular weight is 466 g/mol. The largest absolute Gasteiger partial charge is 0.478 e. The standard InChI is InChI=1S/C18H9Cl2N3O4S2/c19-13-14(20)22-15(21-13)11-6-5-10(27-11)7-12-16(24)23(18(28)29-12)9-3-1-8(2-4-9)17(25)26/h1-7H,(H,21,22)(H,25,26). The molecule has 1 amide bonds. The van der Waals surface area contributed by atoms with E-state index < -0.39 is 5.97 Å². The second-order valence-electron chi connectivity index (χ2n) is 5.76. The Morgan fingerprint density at radius 1 is 1.24 bits per heavy atom. The number of rotatable bonds is 4. The summed E-state index contributed by atoms with van der Waals surface area (Å²) in [6.45, 7) is 0. The minimum absolute atomic E-state index is 0.121. The van der Waals surface area contributed by atoms with Gasteiger partial charge in [0.25, 0.3) is 5.91 Å². The van der Waals surface area contributed by atoms with Gasteiger partial charge in [0.1, 0.15) is 10.9 Å². The Bertz CT molecular complexity index is 1160. The van der Waals surface area contributed by atoms with E-state index in [0.717, 1.165) is 11.8 Å². The number of halogens is 2. The highest BCUT2D eigenvalue weighted by atomic mass is 35.5. The van der Waals surface area contributed by atoms with E-state index in [1.165, 1.54) is 29.2 Å². The third kappa shape index (κ3) is 3.82. The number of hydrogen-bond donors (Lipinski definition) is 2. The zero-order chi connectivity index (χ0) is 20.7. The number of carbonyl (C=O) groups excluding carboxylic acids is 1. The van der Waals surface area contributed by atoms with Crippen LogP contribution in [-0.2, 0) is 4.79 Å². The molecule has 0 unspecified atom stereocenters. The number of thioether (sulfide) groups is 1. The van der Waals surface area contributed by atoms with Gasteiger partial charge in [-0.3, -0.25) is 9.69 Å². The summed E-state index contributed by atoms with van der Waals surface area (Å²) >= 11 is 18.1. The third-order valence-electron chi connectivity index (χ3n) is 3.92. The summed E-state index contributed by atoms with van der Waals surface area (Å²) in [5, 5.41) is 9.34. The Hall–Kier alpha value is -2.59. The van der Waals surface area contributed by atoms with E-state index in [1.807, 2.05) is 0 Å². The van der Waals surface area contributed by atoms with Crippen LogP contribution >= 0.6 is 47.2 Å². The molecule has 11 heteroatoms. The van der Waals surface area contributed by atoms with E-state index in [9.17, 15) is 9.59 Å². The van der Waals surface area contributed by atoms with Crippen LogP contribution in [0.25, 0.3) is 17.7 Å². The lowest BCUT2D eigenvalue weighted by Crippen LogP contribution is -2.27. The second kappa shape index (κ2) is 7.68. The molecule has 0 aliphatic carbocycles. The number of imidazole rings is 1. The van der Waals surface area contributed by atoms with Crippen molar-refractivity contribution >= 4 is 75.1 Å². The average Bonchev–Trinajstić information content (AvgIpc) is 3.35. The van der Waals surface area contributed by atoms with Gasteiger partial charge in [0.2, 0.25) is 0 Å². The van der Waals surface area contributed by atoms with Gasteiger partial charge in [-0.1, -0.05) is 47.2 Å². The smallest absolute Gasteiger partial charge is 0.335 e. The van der Waals surface area contributed by atoms with Crippen molar-refractivity contribution in [1.82, 2.24) is 9.97 Å². The van der Waals surface area contributed by atoms with Crippen molar-refractivity contribution < 1.29 is 19.1 Å². The van der Waals surface area contributed by atoms with Crippen molar-refractivity contribution in [3.05, 3.63) is 62.9 Å². The number of aromatic nitrogens is 2. The molecule has 7 nitrogen and oxygen atoms in total. The van der Waals surface area contributed by atoms with Crippen molar-refractivity contribution in [2.45, 2.75) is 0 Å². The van der Waals surface area contributed by atoms with E-state index in [0.29, 0.717) is 32.3 Å². The highest BCUT2D eigenvalue weighted by molar-refractivity contribution is 8.27. The number of thiocarbonyl (C=S) groups is 1. The molecule has 0 bridgehead atoms. The summed E-state index contributed by atoms with van der Waals surface area (Å²) in [6.07, 6.45) is 1.57. The molecule has 146 valence electrons. The molecule has 2 N–H and O–H groups in total. The van der Waals surface area contributed by atoms with Crippen LogP contribution in [0.2, 0.25) is 10.3 Å². The first kappa shape index (κ1) is 19.7. The number of benzene rings is 1. The van der Waals surface area contributed by atoms with Crippen LogP contribution < -0.4 is 4.90 Å². The van der Waals surface area contributed by atoms with Gasteiger partial charge < -0.3 is 14.5 Å². The molecule has 0 spiro atoms. The number of nitrogens with zero attached hydrogens (tertiary/aromatic N) is 2. The number of aromatic carboxylic acids is 1. The minimum Gasteiger partial charge on any atom is -0.478 e. The number of aromatic amines is 1. The van der Waals surface area contributed by atoms with Gasteiger partial charge in [0.05, 0.1) is 16.2 Å². The number of hydrogen-bond acceptors (Lipinski definition) is 6. The minimum atomic E-state index is -1.05. The van der Waals surface area contributed by atoms with E-state index >= 15 is 0 Å². The number of anilines is 1. The van der Waals surface area contributed by atoms with Gasteiger partial charge in [-0.15, -0.1) is 0 Å². The molecule has 0 atom stereocenters. The summed E-state index contributed by atoms with van der Waals surface area (Å²) in [7, 11) is 0. The number of H-pyrrole nitrogens is 1. The van der Waals surface area contributed by atoms with Crippen molar-refractivity contribution in [3.8, 4) is 11.6 Å². The second-order valence-corrected chi connectivity index (χ2v) is 8.17. The van der Waals surface area contributed by atoms with Crippen LogP contribution in [0, 0.1) is 0 Å². The summed E-state index contributed by atoms with van der Waals surface area (Å²) in [6, 6.07) is 9.24. The molecular weight excluding hydrogens is 457 g/mol. The molecule has 3 aromatic rings. The van der Waals surface area contributed by atoms with E-state index in [-0.39, 0.29) is 21.8 Å². The van der Waals surface area contributed by atoms with Crippen molar-refractivity contribution in [2.75, 3.05) is 4.90 Å². The lowest BCUT2D eigenvalue weighted by Gasteiger charge is -2.14. The van der Waals surface area contributed by atoms with Crippen molar-refractivity contribution in [3.63, 3.8) is 0 Å². The van der Waals surface area contributed by atoms with Gasteiger partial charge in [-0.25, -0.2) is 9.78 Å². The first-order chi connectivity index (χ1) is 13.8. The zero-order valence-corrected chi connectivity index (χ0v) is 17.3. The van der Waals surface area contributed by atoms with Gasteiger partial charge in [-0.05, 0) is 36.4 Å².